The Kier molecular flexibility index (Phi) is 6.40. The third-order valence-corrected chi connectivity index (χ3v) is 7.65. The van der Waals surface area contributed by atoms with E-state index >= 15 is 0 Å². The highest BCUT2D eigenvalue weighted by Gasteiger charge is 2.28. The number of piperidine rings is 1. The molecule has 0 saturated carbocycles. The Hall–Kier alpha value is -3.14. The Bertz CT molecular complexity index is 1270. The van der Waals surface area contributed by atoms with Crippen LogP contribution in [0.4, 0.5) is 5.13 Å². The summed E-state index contributed by atoms with van der Waals surface area (Å²) in [5.74, 6) is 1.25. The predicted octanol–water partition coefficient (Wildman–Crippen LogP) is 2.58. The van der Waals surface area contributed by atoms with Gasteiger partial charge in [-0.3, -0.25) is 9.59 Å². The lowest BCUT2D eigenvalue weighted by Crippen LogP contribution is -2.43. The lowest BCUT2D eigenvalue weighted by Gasteiger charge is -2.31. The summed E-state index contributed by atoms with van der Waals surface area (Å²) in [5.41, 5.74) is 2.59. The number of rotatable bonds is 6. The molecule has 1 aliphatic heterocycles. The van der Waals surface area contributed by atoms with Crippen LogP contribution in [0.2, 0.25) is 0 Å². The first-order valence-electron chi connectivity index (χ1n) is 11.7. The number of carbonyl (C=O) groups excluding carboxylic acids is 1. The third-order valence-electron chi connectivity index (χ3n) is 6.68. The maximum atomic E-state index is 13.0. The number of anilines is 1. The molecule has 3 aromatic rings. The standard InChI is InChI=1S/C24H29N5O4S/c1-32-17-10-9-15(20(12-17)33-2)13-25-21(30)16-6-5-11-28(14-16)24-27-29-22(31)18-7-3-4-8-19(18)26-23(29)34-24/h9-10,12,16H,3-8,11,13-14H2,1-2H3,(H,25,30)/t16-/m1/s1. The van der Waals surface area contributed by atoms with E-state index in [2.05, 4.69) is 15.3 Å². The van der Waals surface area contributed by atoms with Gasteiger partial charge in [0, 0.05) is 36.8 Å². The van der Waals surface area contributed by atoms with E-state index in [4.69, 9.17) is 14.5 Å². The maximum Gasteiger partial charge on any atom is 0.278 e. The van der Waals surface area contributed by atoms with Crippen LogP contribution in [0.15, 0.2) is 23.0 Å². The van der Waals surface area contributed by atoms with E-state index in [0.29, 0.717) is 29.5 Å². The molecule has 1 aromatic carbocycles. The Morgan fingerprint density at radius 1 is 1.21 bits per heavy atom. The van der Waals surface area contributed by atoms with Crippen molar-refractivity contribution < 1.29 is 14.3 Å². The molecule has 5 rings (SSSR count). The highest BCUT2D eigenvalue weighted by Crippen LogP contribution is 2.29. The number of carbonyl (C=O) groups is 1. The van der Waals surface area contributed by atoms with Gasteiger partial charge in [0.25, 0.3) is 5.56 Å². The van der Waals surface area contributed by atoms with E-state index in [1.807, 2.05) is 18.2 Å². The number of methoxy groups -OCH3 is 2. The number of nitrogens with zero attached hydrogens (tertiary/aromatic N) is 4. The number of fused-ring (bicyclic) bond motifs is 2. The van der Waals surface area contributed by atoms with Gasteiger partial charge < -0.3 is 19.7 Å². The van der Waals surface area contributed by atoms with Crippen LogP contribution in [-0.4, -0.2) is 47.8 Å². The fraction of sp³-hybridized carbons (Fsp3) is 0.500. The Morgan fingerprint density at radius 3 is 2.88 bits per heavy atom. The number of amides is 1. The van der Waals surface area contributed by atoms with Crippen LogP contribution in [0.25, 0.3) is 4.96 Å². The minimum absolute atomic E-state index is 0.00874. The van der Waals surface area contributed by atoms with Crippen molar-refractivity contribution in [3.63, 3.8) is 0 Å². The van der Waals surface area contributed by atoms with E-state index in [-0.39, 0.29) is 17.4 Å². The van der Waals surface area contributed by atoms with E-state index in [9.17, 15) is 9.59 Å². The quantitative estimate of drug-likeness (QED) is 0.575. The Balaban J connectivity index is 1.28. The van der Waals surface area contributed by atoms with Gasteiger partial charge in [-0.25, -0.2) is 4.98 Å². The van der Waals surface area contributed by atoms with Crippen molar-refractivity contribution in [2.75, 3.05) is 32.2 Å². The number of ether oxygens (including phenoxy) is 2. The summed E-state index contributed by atoms with van der Waals surface area (Å²) in [6.45, 7) is 1.76. The Labute approximate surface area is 201 Å². The topological polar surface area (TPSA) is 98.1 Å². The van der Waals surface area contributed by atoms with E-state index in [1.54, 1.807) is 14.2 Å². The highest BCUT2D eigenvalue weighted by atomic mass is 32.1. The van der Waals surface area contributed by atoms with Gasteiger partial charge in [0.05, 0.1) is 25.8 Å². The summed E-state index contributed by atoms with van der Waals surface area (Å²) in [5, 5.41) is 8.40. The summed E-state index contributed by atoms with van der Waals surface area (Å²) >= 11 is 1.43. The summed E-state index contributed by atoms with van der Waals surface area (Å²) in [7, 11) is 3.21. The van der Waals surface area contributed by atoms with Crippen LogP contribution in [0.5, 0.6) is 11.5 Å². The van der Waals surface area contributed by atoms with Crippen molar-refractivity contribution in [1.29, 1.82) is 0 Å². The second-order valence-electron chi connectivity index (χ2n) is 8.81. The fourth-order valence-electron chi connectivity index (χ4n) is 4.78. The average molecular weight is 484 g/mol. The van der Waals surface area contributed by atoms with Crippen molar-refractivity contribution in [3.05, 3.63) is 45.4 Å². The maximum absolute atomic E-state index is 13.0. The highest BCUT2D eigenvalue weighted by molar-refractivity contribution is 7.20. The van der Waals surface area contributed by atoms with E-state index < -0.39 is 0 Å². The summed E-state index contributed by atoms with van der Waals surface area (Å²) < 4.78 is 12.1. The SMILES string of the molecule is COc1ccc(CNC(=O)[C@@H]2CCCN(c3nn4c(=O)c5c(nc4s3)CCCC5)C2)c(OC)c1. The number of benzene rings is 1. The van der Waals surface area contributed by atoms with Gasteiger partial charge in [-0.05, 0) is 50.7 Å². The molecule has 180 valence electrons. The third kappa shape index (κ3) is 4.34. The first-order chi connectivity index (χ1) is 16.6. The second kappa shape index (κ2) is 9.61. The molecular formula is C24H29N5O4S. The molecule has 2 aliphatic rings. The molecule has 3 heterocycles. The zero-order valence-corrected chi connectivity index (χ0v) is 20.3. The smallest absolute Gasteiger partial charge is 0.278 e. The number of aryl methyl sites for hydroxylation is 1. The largest absolute Gasteiger partial charge is 0.497 e. The van der Waals surface area contributed by atoms with Crippen LogP contribution in [0.3, 0.4) is 0 Å². The zero-order chi connectivity index (χ0) is 23.7. The number of nitrogens with one attached hydrogen (secondary N) is 1. The summed E-state index contributed by atoms with van der Waals surface area (Å²) in [6, 6.07) is 5.56. The normalized spacial score (nSPS) is 17.9. The molecule has 1 saturated heterocycles. The molecule has 1 atom stereocenters. The van der Waals surface area contributed by atoms with Crippen molar-refractivity contribution in [2.45, 2.75) is 45.1 Å². The number of aromatic nitrogens is 3. The molecule has 9 nitrogen and oxygen atoms in total. The minimum Gasteiger partial charge on any atom is -0.497 e. The molecule has 0 radical (unpaired) electrons. The minimum atomic E-state index is -0.150. The first kappa shape index (κ1) is 22.6. The van der Waals surface area contributed by atoms with Crippen molar-refractivity contribution >= 4 is 27.3 Å². The summed E-state index contributed by atoms with van der Waals surface area (Å²) in [6.07, 6.45) is 5.45. The van der Waals surface area contributed by atoms with Crippen LogP contribution in [0, 0.1) is 5.92 Å². The first-order valence-corrected chi connectivity index (χ1v) is 12.5. The molecule has 0 bridgehead atoms. The molecule has 34 heavy (non-hydrogen) atoms. The molecule has 0 unspecified atom stereocenters. The van der Waals surface area contributed by atoms with Crippen LogP contribution in [-0.2, 0) is 24.2 Å². The second-order valence-corrected chi connectivity index (χ2v) is 9.74. The van der Waals surface area contributed by atoms with Gasteiger partial charge in [0.1, 0.15) is 11.5 Å². The van der Waals surface area contributed by atoms with Gasteiger partial charge in [-0.1, -0.05) is 11.3 Å². The van der Waals surface area contributed by atoms with Crippen LogP contribution >= 0.6 is 11.3 Å². The molecule has 10 heteroatoms. The van der Waals surface area contributed by atoms with Crippen LogP contribution in [0.1, 0.15) is 42.5 Å². The van der Waals surface area contributed by atoms with Crippen molar-refractivity contribution in [2.24, 2.45) is 5.92 Å². The molecule has 1 aliphatic carbocycles. The lowest BCUT2D eigenvalue weighted by atomic mass is 9.97. The average Bonchev–Trinajstić information content (AvgIpc) is 3.32. The zero-order valence-electron chi connectivity index (χ0n) is 19.5. The summed E-state index contributed by atoms with van der Waals surface area (Å²) in [4.78, 5) is 33.4. The fourth-order valence-corrected chi connectivity index (χ4v) is 5.73. The van der Waals surface area contributed by atoms with E-state index in [0.717, 1.165) is 67.0 Å². The predicted molar refractivity (Wildman–Crippen MR) is 130 cm³/mol. The molecule has 1 amide bonds. The number of hydrogen-bond acceptors (Lipinski definition) is 8. The van der Waals surface area contributed by atoms with Crippen molar-refractivity contribution in [1.82, 2.24) is 19.9 Å². The Morgan fingerprint density at radius 2 is 2.06 bits per heavy atom. The lowest BCUT2D eigenvalue weighted by molar-refractivity contribution is -0.125. The van der Waals surface area contributed by atoms with Gasteiger partial charge >= 0.3 is 0 Å². The monoisotopic (exact) mass is 483 g/mol. The van der Waals surface area contributed by atoms with Gasteiger partial charge in [-0.2, -0.15) is 4.52 Å². The molecule has 2 aromatic heterocycles. The van der Waals surface area contributed by atoms with Gasteiger partial charge in [0.15, 0.2) is 0 Å². The van der Waals surface area contributed by atoms with E-state index in [1.165, 1.54) is 15.9 Å². The van der Waals surface area contributed by atoms with Gasteiger partial charge in [0.2, 0.25) is 16.0 Å². The van der Waals surface area contributed by atoms with Gasteiger partial charge in [-0.15, -0.1) is 5.10 Å². The molecule has 0 spiro atoms. The molecule has 1 fully saturated rings. The molecular weight excluding hydrogens is 454 g/mol. The number of hydrogen-bond donors (Lipinski definition) is 1. The van der Waals surface area contributed by atoms with Crippen molar-refractivity contribution in [3.8, 4) is 11.5 Å². The molecule has 1 N–H and O–H groups in total. The van der Waals surface area contributed by atoms with Crippen LogP contribution < -0.4 is 25.2 Å².